The minimum absolute atomic E-state index is 0. The van der Waals surface area contributed by atoms with E-state index in [9.17, 15) is 0 Å². The van der Waals surface area contributed by atoms with Crippen LogP contribution in [0.25, 0.3) is 0 Å². The highest BCUT2D eigenvalue weighted by molar-refractivity contribution is 14.0. The minimum atomic E-state index is 0. The molecule has 0 aromatic rings. The lowest BCUT2D eigenvalue weighted by molar-refractivity contribution is 0.0732. The van der Waals surface area contributed by atoms with E-state index in [4.69, 9.17) is 4.74 Å². The Labute approximate surface area is 159 Å². The Kier molecular flexibility index (Phi) is 9.82. The summed E-state index contributed by atoms with van der Waals surface area (Å²) in [5, 5.41) is 7.09. The van der Waals surface area contributed by atoms with E-state index in [1.165, 1.54) is 44.9 Å². The molecule has 0 heterocycles. The molecular weight excluding hydrogens is 401 g/mol. The monoisotopic (exact) mass is 437 g/mol. The number of nitrogens with zero attached hydrogens (tertiary/aromatic N) is 1. The highest BCUT2D eigenvalue weighted by atomic mass is 127. The molecule has 2 N–H and O–H groups in total. The van der Waals surface area contributed by atoms with E-state index in [0.29, 0.717) is 5.41 Å². The van der Waals surface area contributed by atoms with Crippen LogP contribution < -0.4 is 10.6 Å². The van der Waals surface area contributed by atoms with Crippen molar-refractivity contribution in [3.63, 3.8) is 0 Å². The molecule has 136 valence electrons. The number of nitrogens with one attached hydrogen (secondary N) is 2. The lowest BCUT2D eigenvalue weighted by Gasteiger charge is -2.42. The third kappa shape index (κ3) is 6.77. The van der Waals surface area contributed by atoms with Gasteiger partial charge in [0.1, 0.15) is 0 Å². The maximum absolute atomic E-state index is 5.27. The summed E-state index contributed by atoms with van der Waals surface area (Å²) in [4.78, 5) is 4.39. The van der Waals surface area contributed by atoms with Crippen LogP contribution >= 0.6 is 24.0 Å². The van der Waals surface area contributed by atoms with E-state index in [0.717, 1.165) is 43.9 Å². The van der Waals surface area contributed by atoms with Crippen LogP contribution in [0.5, 0.6) is 0 Å². The normalized spacial score (nSPS) is 26.8. The molecule has 5 heteroatoms. The first kappa shape index (κ1) is 21.0. The summed E-state index contributed by atoms with van der Waals surface area (Å²) in [5.41, 5.74) is 0.438. The van der Waals surface area contributed by atoms with Crippen LogP contribution in [0.2, 0.25) is 0 Å². The molecule has 4 nitrogen and oxygen atoms in total. The zero-order valence-electron chi connectivity index (χ0n) is 15.2. The molecule has 0 saturated heterocycles. The van der Waals surface area contributed by atoms with Gasteiger partial charge in [-0.2, -0.15) is 0 Å². The predicted octanol–water partition coefficient (Wildman–Crippen LogP) is 3.80. The molecule has 2 rings (SSSR count). The van der Waals surface area contributed by atoms with E-state index in [1.807, 2.05) is 7.05 Å². The summed E-state index contributed by atoms with van der Waals surface area (Å²) < 4.78 is 5.27. The first-order valence-corrected chi connectivity index (χ1v) is 9.11. The van der Waals surface area contributed by atoms with Crippen molar-refractivity contribution in [2.24, 2.45) is 22.2 Å². The van der Waals surface area contributed by atoms with Gasteiger partial charge in [0.25, 0.3) is 0 Å². The zero-order chi connectivity index (χ0) is 15.8. The van der Waals surface area contributed by atoms with Crippen molar-refractivity contribution in [2.75, 3.05) is 33.9 Å². The van der Waals surface area contributed by atoms with Crippen molar-refractivity contribution in [1.82, 2.24) is 10.6 Å². The maximum Gasteiger partial charge on any atom is 0.191 e. The standard InChI is InChI=1S/C18H35N3O.HI/c1-15-5-7-16(8-6-15)13-20-17(19-2)21-14-18(9-4-10-18)11-12-22-3;/h15-16H,4-14H2,1-3H3,(H2,19,20,21);1H. The van der Waals surface area contributed by atoms with E-state index < -0.39 is 0 Å². The van der Waals surface area contributed by atoms with Gasteiger partial charge in [-0.1, -0.05) is 26.2 Å². The Morgan fingerprint density at radius 1 is 1.17 bits per heavy atom. The van der Waals surface area contributed by atoms with Crippen LogP contribution in [0.4, 0.5) is 0 Å². The molecule has 0 unspecified atom stereocenters. The summed E-state index contributed by atoms with van der Waals surface area (Å²) in [5.74, 6) is 2.72. The molecule has 2 aliphatic carbocycles. The van der Waals surface area contributed by atoms with Crippen molar-refractivity contribution < 1.29 is 4.74 Å². The molecule has 2 saturated carbocycles. The van der Waals surface area contributed by atoms with Gasteiger partial charge in [0.2, 0.25) is 0 Å². The van der Waals surface area contributed by atoms with Crippen LogP contribution in [0.3, 0.4) is 0 Å². The number of guanidine groups is 1. The van der Waals surface area contributed by atoms with Crippen LogP contribution in [0.1, 0.15) is 58.3 Å². The van der Waals surface area contributed by atoms with Crippen molar-refractivity contribution >= 4 is 29.9 Å². The maximum atomic E-state index is 5.27. The van der Waals surface area contributed by atoms with Crippen LogP contribution in [-0.2, 0) is 4.74 Å². The third-order valence-electron chi connectivity index (χ3n) is 5.80. The number of ether oxygens (including phenoxy) is 1. The Morgan fingerprint density at radius 2 is 1.87 bits per heavy atom. The van der Waals surface area contributed by atoms with Crippen molar-refractivity contribution in [2.45, 2.75) is 58.3 Å². The summed E-state index contributed by atoms with van der Waals surface area (Å²) in [6.45, 7) is 5.34. The molecule has 0 atom stereocenters. The molecule has 0 bridgehead atoms. The second kappa shape index (κ2) is 10.7. The molecule has 0 aromatic carbocycles. The van der Waals surface area contributed by atoms with Gasteiger partial charge in [-0.25, -0.2) is 0 Å². The Morgan fingerprint density at radius 3 is 2.39 bits per heavy atom. The Balaban J connectivity index is 0.00000264. The second-order valence-corrected chi connectivity index (χ2v) is 7.53. The molecule has 2 aliphatic rings. The average Bonchev–Trinajstić information content (AvgIpc) is 2.50. The molecule has 0 aliphatic heterocycles. The molecule has 23 heavy (non-hydrogen) atoms. The van der Waals surface area contributed by atoms with Crippen molar-refractivity contribution in [3.05, 3.63) is 0 Å². The molecular formula is C18H36IN3O. The molecule has 0 radical (unpaired) electrons. The van der Waals surface area contributed by atoms with Gasteiger partial charge in [0.05, 0.1) is 0 Å². The van der Waals surface area contributed by atoms with Crippen molar-refractivity contribution in [3.8, 4) is 0 Å². The van der Waals surface area contributed by atoms with Crippen LogP contribution in [0, 0.1) is 17.3 Å². The fourth-order valence-electron chi connectivity index (χ4n) is 3.78. The number of aliphatic imine (C=N–C) groups is 1. The van der Waals surface area contributed by atoms with Gasteiger partial charge in [-0.15, -0.1) is 24.0 Å². The van der Waals surface area contributed by atoms with E-state index >= 15 is 0 Å². The Bertz CT molecular complexity index is 350. The van der Waals surface area contributed by atoms with E-state index in [-0.39, 0.29) is 24.0 Å². The predicted molar refractivity (Wildman–Crippen MR) is 109 cm³/mol. The van der Waals surface area contributed by atoms with Crippen LogP contribution in [-0.4, -0.2) is 39.8 Å². The molecule has 0 spiro atoms. The third-order valence-corrected chi connectivity index (χ3v) is 5.80. The van der Waals surface area contributed by atoms with Gasteiger partial charge in [0.15, 0.2) is 5.96 Å². The second-order valence-electron chi connectivity index (χ2n) is 7.53. The van der Waals surface area contributed by atoms with Gasteiger partial charge in [0, 0.05) is 33.9 Å². The zero-order valence-corrected chi connectivity index (χ0v) is 17.5. The van der Waals surface area contributed by atoms with Crippen molar-refractivity contribution in [1.29, 1.82) is 0 Å². The molecule has 2 fully saturated rings. The summed E-state index contributed by atoms with van der Waals surface area (Å²) in [6.07, 6.45) is 10.7. The summed E-state index contributed by atoms with van der Waals surface area (Å²) in [6, 6.07) is 0. The first-order valence-electron chi connectivity index (χ1n) is 9.11. The summed E-state index contributed by atoms with van der Waals surface area (Å²) in [7, 11) is 3.67. The highest BCUT2D eigenvalue weighted by Gasteiger charge is 2.36. The fraction of sp³-hybridized carbons (Fsp3) is 0.944. The minimum Gasteiger partial charge on any atom is -0.385 e. The number of methoxy groups -OCH3 is 1. The molecule has 0 aromatic heterocycles. The van der Waals surface area contributed by atoms with E-state index in [2.05, 4.69) is 22.5 Å². The largest absolute Gasteiger partial charge is 0.385 e. The van der Waals surface area contributed by atoms with Crippen LogP contribution in [0.15, 0.2) is 4.99 Å². The fourth-order valence-corrected chi connectivity index (χ4v) is 3.78. The first-order chi connectivity index (χ1) is 10.7. The quantitative estimate of drug-likeness (QED) is 0.362. The lowest BCUT2D eigenvalue weighted by atomic mass is 9.67. The number of hydrogen-bond donors (Lipinski definition) is 2. The number of halogens is 1. The van der Waals surface area contributed by atoms with Gasteiger partial charge >= 0.3 is 0 Å². The topological polar surface area (TPSA) is 45.7 Å². The summed E-state index contributed by atoms with van der Waals surface area (Å²) >= 11 is 0. The van der Waals surface area contributed by atoms with Gasteiger partial charge in [-0.05, 0) is 49.4 Å². The van der Waals surface area contributed by atoms with Gasteiger partial charge < -0.3 is 15.4 Å². The lowest BCUT2D eigenvalue weighted by Crippen LogP contribution is -2.47. The SMILES string of the molecule is CN=C(NCC1CCC(C)CC1)NCC1(CCOC)CCC1.I. The Hall–Kier alpha value is -0.0400. The smallest absolute Gasteiger partial charge is 0.191 e. The van der Waals surface area contributed by atoms with E-state index in [1.54, 1.807) is 7.11 Å². The number of hydrogen-bond acceptors (Lipinski definition) is 2. The highest BCUT2D eigenvalue weighted by Crippen LogP contribution is 2.43. The average molecular weight is 437 g/mol. The number of rotatable bonds is 7. The van der Waals surface area contributed by atoms with Gasteiger partial charge in [-0.3, -0.25) is 4.99 Å². The molecule has 0 amide bonds.